The lowest BCUT2D eigenvalue weighted by atomic mass is 9.92. The van der Waals surface area contributed by atoms with Gasteiger partial charge in [0, 0.05) is 16.8 Å². The lowest BCUT2D eigenvalue weighted by molar-refractivity contribution is 0.470. The number of aromatic hydroxyl groups is 2. The Morgan fingerprint density at radius 3 is 1.39 bits per heavy atom. The lowest BCUT2D eigenvalue weighted by Gasteiger charge is -2.14. The van der Waals surface area contributed by atoms with Crippen LogP contribution in [0.2, 0.25) is 0 Å². The number of anilines is 1. The van der Waals surface area contributed by atoms with Gasteiger partial charge in [-0.25, -0.2) is 0 Å². The predicted octanol–water partition coefficient (Wildman–Crippen LogP) is 6.96. The van der Waals surface area contributed by atoms with Gasteiger partial charge in [0.25, 0.3) is 0 Å². The Kier molecular flexibility index (Phi) is 5.50. The molecule has 31 heavy (non-hydrogen) atoms. The fourth-order valence-electron chi connectivity index (χ4n) is 4.06. The van der Waals surface area contributed by atoms with E-state index in [2.05, 4.69) is 6.07 Å². The van der Waals surface area contributed by atoms with Crippen LogP contribution in [0.4, 0.5) is 5.69 Å². The van der Waals surface area contributed by atoms with Crippen LogP contribution in [0.3, 0.4) is 0 Å². The van der Waals surface area contributed by atoms with Crippen LogP contribution in [0, 0.1) is 13.8 Å². The Balaban J connectivity index is 0.000000217. The van der Waals surface area contributed by atoms with Gasteiger partial charge >= 0.3 is 0 Å². The number of rotatable bonds is 1. The second-order valence-electron chi connectivity index (χ2n) is 7.78. The first-order chi connectivity index (χ1) is 14.9. The van der Waals surface area contributed by atoms with E-state index >= 15 is 0 Å². The first-order valence-corrected chi connectivity index (χ1v) is 10.2. The molecule has 0 aromatic heterocycles. The van der Waals surface area contributed by atoms with Crippen molar-refractivity contribution in [3.05, 3.63) is 102 Å². The van der Waals surface area contributed by atoms with Gasteiger partial charge in [0.1, 0.15) is 11.5 Å². The van der Waals surface area contributed by atoms with E-state index in [4.69, 9.17) is 5.73 Å². The maximum atomic E-state index is 10.4. The molecule has 0 aliphatic carbocycles. The van der Waals surface area contributed by atoms with E-state index in [0.717, 1.165) is 27.2 Å². The largest absolute Gasteiger partial charge is 0.507 e. The van der Waals surface area contributed by atoms with E-state index in [1.54, 1.807) is 12.1 Å². The number of aryl methyl sites for hydroxylation is 2. The van der Waals surface area contributed by atoms with E-state index in [1.807, 2.05) is 86.6 Å². The summed E-state index contributed by atoms with van der Waals surface area (Å²) >= 11 is 0. The van der Waals surface area contributed by atoms with Gasteiger partial charge in [-0.3, -0.25) is 0 Å². The third-order valence-electron chi connectivity index (χ3n) is 5.31. The van der Waals surface area contributed by atoms with Crippen molar-refractivity contribution in [3.63, 3.8) is 0 Å². The van der Waals surface area contributed by atoms with Gasteiger partial charge in [0.05, 0.1) is 0 Å². The van der Waals surface area contributed by atoms with Gasteiger partial charge in [0.2, 0.25) is 0 Å². The number of fused-ring (bicyclic) bond motifs is 2. The summed E-state index contributed by atoms with van der Waals surface area (Å²) in [6.45, 7) is 4.09. The van der Waals surface area contributed by atoms with Crippen LogP contribution in [0.15, 0.2) is 91.0 Å². The summed E-state index contributed by atoms with van der Waals surface area (Å²) in [4.78, 5) is 0. The Morgan fingerprint density at radius 2 is 0.968 bits per heavy atom. The van der Waals surface area contributed by atoms with Gasteiger partial charge < -0.3 is 15.9 Å². The van der Waals surface area contributed by atoms with Crippen molar-refractivity contribution in [1.29, 1.82) is 0 Å². The molecule has 4 N–H and O–H groups in total. The minimum atomic E-state index is 0.172. The zero-order valence-electron chi connectivity index (χ0n) is 17.6. The highest BCUT2D eigenvalue weighted by Gasteiger charge is 2.16. The number of nitrogen functional groups attached to an aromatic ring is 1. The molecule has 5 rings (SSSR count). The fraction of sp³-hybridized carbons (Fsp3) is 0.0714. The molecule has 0 amide bonds. The lowest BCUT2D eigenvalue weighted by Crippen LogP contribution is -1.86. The quantitative estimate of drug-likeness (QED) is 0.263. The summed E-state index contributed by atoms with van der Waals surface area (Å²) in [5.74, 6) is 0.343. The Bertz CT molecular complexity index is 1260. The average Bonchev–Trinajstić information content (AvgIpc) is 2.74. The second kappa shape index (κ2) is 8.41. The van der Waals surface area contributed by atoms with E-state index in [-0.39, 0.29) is 11.5 Å². The molecule has 3 nitrogen and oxygen atoms in total. The summed E-state index contributed by atoms with van der Waals surface area (Å²) in [6, 6.07) is 28.9. The van der Waals surface area contributed by atoms with Crippen molar-refractivity contribution < 1.29 is 10.2 Å². The summed E-state index contributed by atoms with van der Waals surface area (Å²) in [5, 5.41) is 24.8. The Hall–Kier alpha value is -3.98. The topological polar surface area (TPSA) is 66.5 Å². The molecule has 0 atom stereocenters. The predicted molar refractivity (Wildman–Crippen MR) is 131 cm³/mol. The average molecular weight is 408 g/mol. The van der Waals surface area contributed by atoms with Crippen LogP contribution in [0.5, 0.6) is 11.5 Å². The minimum absolute atomic E-state index is 0.172. The van der Waals surface area contributed by atoms with Crippen molar-refractivity contribution in [1.82, 2.24) is 0 Å². The molecular formula is C28H25NO2. The number of hydrogen-bond acceptors (Lipinski definition) is 3. The molecule has 0 fully saturated rings. The standard InChI is InChI=1S/C20H14O2.C8H11N/c21-17-11-9-13-5-1-3-7-15(13)19(17)20-16-8-4-2-6-14(16)10-12-18(20)22;1-6-3-7(2)5-8(9)4-6/h1-12,21-22H;3-5H,9H2,1-2H3. The van der Waals surface area contributed by atoms with Crippen molar-refractivity contribution in [2.24, 2.45) is 0 Å². The molecule has 0 spiro atoms. The fourth-order valence-corrected chi connectivity index (χ4v) is 4.06. The zero-order valence-corrected chi connectivity index (χ0v) is 17.6. The number of hydrogen-bond donors (Lipinski definition) is 3. The van der Waals surface area contributed by atoms with Crippen molar-refractivity contribution >= 4 is 27.2 Å². The van der Waals surface area contributed by atoms with Gasteiger partial charge in [-0.1, -0.05) is 66.7 Å². The van der Waals surface area contributed by atoms with Crippen LogP contribution in [0.1, 0.15) is 11.1 Å². The van der Waals surface area contributed by atoms with E-state index < -0.39 is 0 Å². The number of phenolic OH excluding ortho intramolecular Hbond substituents is 2. The Morgan fingerprint density at radius 1 is 0.548 bits per heavy atom. The SMILES string of the molecule is Cc1cc(C)cc(N)c1.Oc1ccc2ccccc2c1-c1c(O)ccc2ccccc12. The number of phenols is 2. The van der Waals surface area contributed by atoms with Crippen molar-refractivity contribution in [2.45, 2.75) is 13.8 Å². The highest BCUT2D eigenvalue weighted by atomic mass is 16.3. The third-order valence-corrected chi connectivity index (χ3v) is 5.31. The molecule has 0 saturated heterocycles. The second-order valence-corrected chi connectivity index (χ2v) is 7.78. The smallest absolute Gasteiger partial charge is 0.124 e. The summed E-state index contributed by atoms with van der Waals surface area (Å²) in [7, 11) is 0. The van der Waals surface area contributed by atoms with Gasteiger partial charge in [0.15, 0.2) is 0 Å². The molecule has 3 heteroatoms. The van der Waals surface area contributed by atoms with Gasteiger partial charge in [-0.2, -0.15) is 0 Å². The molecule has 0 heterocycles. The van der Waals surface area contributed by atoms with Gasteiger partial charge in [-0.05, 0) is 70.8 Å². The highest BCUT2D eigenvalue weighted by molar-refractivity contribution is 6.09. The minimum Gasteiger partial charge on any atom is -0.507 e. The van der Waals surface area contributed by atoms with Crippen molar-refractivity contribution in [3.8, 4) is 22.6 Å². The van der Waals surface area contributed by atoms with Gasteiger partial charge in [-0.15, -0.1) is 0 Å². The van der Waals surface area contributed by atoms with Crippen LogP contribution in [-0.4, -0.2) is 10.2 Å². The first kappa shape index (κ1) is 20.3. The third kappa shape index (κ3) is 4.17. The maximum absolute atomic E-state index is 10.4. The molecular weight excluding hydrogens is 382 g/mol. The van der Waals surface area contributed by atoms with Crippen LogP contribution < -0.4 is 5.73 Å². The molecule has 0 aliphatic heterocycles. The zero-order chi connectivity index (χ0) is 22.0. The number of benzene rings is 5. The van der Waals surface area contributed by atoms with Crippen LogP contribution >= 0.6 is 0 Å². The Labute approximate surface area is 182 Å². The molecule has 0 saturated carbocycles. The molecule has 0 bridgehead atoms. The van der Waals surface area contributed by atoms with E-state index in [0.29, 0.717) is 11.1 Å². The molecule has 5 aromatic carbocycles. The van der Waals surface area contributed by atoms with Crippen LogP contribution in [-0.2, 0) is 0 Å². The highest BCUT2D eigenvalue weighted by Crippen LogP contribution is 2.44. The number of nitrogens with two attached hydrogens (primary N) is 1. The molecule has 0 aliphatic rings. The first-order valence-electron chi connectivity index (χ1n) is 10.2. The van der Waals surface area contributed by atoms with E-state index in [9.17, 15) is 10.2 Å². The monoisotopic (exact) mass is 407 g/mol. The summed E-state index contributed by atoms with van der Waals surface area (Å²) in [6.07, 6.45) is 0. The summed E-state index contributed by atoms with van der Waals surface area (Å²) < 4.78 is 0. The molecule has 0 unspecified atom stereocenters. The normalized spacial score (nSPS) is 10.6. The maximum Gasteiger partial charge on any atom is 0.124 e. The molecule has 0 radical (unpaired) electrons. The van der Waals surface area contributed by atoms with Crippen LogP contribution in [0.25, 0.3) is 32.7 Å². The van der Waals surface area contributed by atoms with Crippen molar-refractivity contribution in [2.75, 3.05) is 5.73 Å². The molecule has 154 valence electrons. The summed E-state index contributed by atoms with van der Waals surface area (Å²) in [5.41, 5.74) is 10.2. The molecule has 5 aromatic rings. The van der Waals surface area contributed by atoms with E-state index in [1.165, 1.54) is 11.1 Å².